The van der Waals surface area contributed by atoms with E-state index in [9.17, 15) is 14.9 Å². The summed E-state index contributed by atoms with van der Waals surface area (Å²) in [4.78, 5) is 27.8. The number of piperidine rings is 1. The number of fused-ring (bicyclic) bond motifs is 1. The lowest BCUT2D eigenvalue weighted by atomic mass is 9.95. The summed E-state index contributed by atoms with van der Waals surface area (Å²) in [7, 11) is 0. The Labute approximate surface area is 198 Å². The lowest BCUT2D eigenvalue weighted by Gasteiger charge is -2.32. The Bertz CT molecular complexity index is 1180. The van der Waals surface area contributed by atoms with E-state index in [1.54, 1.807) is 11.8 Å². The molecule has 3 aromatic rings. The van der Waals surface area contributed by atoms with Crippen LogP contribution in [-0.4, -0.2) is 42.1 Å². The Balaban J connectivity index is 1.28. The number of nitrogens with one attached hydrogen (secondary N) is 1. The molecule has 1 saturated heterocycles. The van der Waals surface area contributed by atoms with Gasteiger partial charge in [-0.1, -0.05) is 54.6 Å². The number of amides is 2. The first-order valence-electron chi connectivity index (χ1n) is 11.3. The SMILES string of the molecule is N#Cc1ccccc1CSCCNC(=O)C1CCCN(C(=O)c2cccc3ccccc23)C1. The molecule has 0 aliphatic carbocycles. The number of rotatable bonds is 7. The molecule has 33 heavy (non-hydrogen) atoms. The number of carbonyl (C=O) groups is 2. The first-order valence-corrected chi connectivity index (χ1v) is 12.4. The maximum absolute atomic E-state index is 13.2. The van der Waals surface area contributed by atoms with Crippen LogP contribution in [0.15, 0.2) is 66.7 Å². The van der Waals surface area contributed by atoms with E-state index in [1.807, 2.05) is 71.6 Å². The number of likely N-dealkylation sites (tertiary alicyclic amines) is 1. The van der Waals surface area contributed by atoms with Crippen molar-refractivity contribution in [2.24, 2.45) is 5.92 Å². The number of nitriles is 1. The third kappa shape index (κ3) is 5.55. The molecule has 1 N–H and O–H groups in total. The summed E-state index contributed by atoms with van der Waals surface area (Å²) < 4.78 is 0. The van der Waals surface area contributed by atoms with E-state index < -0.39 is 0 Å². The second-order valence-electron chi connectivity index (χ2n) is 8.23. The molecule has 1 fully saturated rings. The van der Waals surface area contributed by atoms with Crippen molar-refractivity contribution in [1.29, 1.82) is 5.26 Å². The standard InChI is InChI=1S/C27H27N3O2S/c28-17-21-8-1-2-9-23(21)19-33-16-14-29-26(31)22-11-6-15-30(18-22)27(32)25-13-5-10-20-7-3-4-12-24(20)25/h1-5,7-10,12-13,22H,6,11,14-16,18-19H2,(H,29,31). The molecule has 1 aliphatic rings. The largest absolute Gasteiger partial charge is 0.355 e. The molecule has 0 radical (unpaired) electrons. The summed E-state index contributed by atoms with van der Waals surface area (Å²) in [6.45, 7) is 1.71. The fourth-order valence-corrected chi connectivity index (χ4v) is 5.15. The monoisotopic (exact) mass is 457 g/mol. The van der Waals surface area contributed by atoms with E-state index in [1.165, 1.54) is 0 Å². The summed E-state index contributed by atoms with van der Waals surface area (Å²) in [5.74, 6) is 1.36. The van der Waals surface area contributed by atoms with Gasteiger partial charge in [-0.2, -0.15) is 17.0 Å². The van der Waals surface area contributed by atoms with Crippen molar-refractivity contribution in [2.45, 2.75) is 18.6 Å². The van der Waals surface area contributed by atoms with Gasteiger partial charge in [0.1, 0.15) is 0 Å². The van der Waals surface area contributed by atoms with Gasteiger partial charge < -0.3 is 10.2 Å². The Kier molecular flexibility index (Phi) is 7.64. The van der Waals surface area contributed by atoms with Gasteiger partial charge in [-0.3, -0.25) is 9.59 Å². The van der Waals surface area contributed by atoms with E-state index in [4.69, 9.17) is 0 Å². The quantitative estimate of drug-likeness (QED) is 0.526. The maximum Gasteiger partial charge on any atom is 0.254 e. The molecule has 2 amide bonds. The van der Waals surface area contributed by atoms with E-state index in [0.29, 0.717) is 30.8 Å². The molecule has 1 unspecified atom stereocenters. The van der Waals surface area contributed by atoms with Gasteiger partial charge >= 0.3 is 0 Å². The molecule has 5 nitrogen and oxygen atoms in total. The van der Waals surface area contributed by atoms with Gasteiger partial charge in [-0.05, 0) is 41.3 Å². The van der Waals surface area contributed by atoms with E-state index in [2.05, 4.69) is 11.4 Å². The molecular weight excluding hydrogens is 430 g/mol. The minimum absolute atomic E-state index is 0.00369. The number of carbonyl (C=O) groups excluding carboxylic acids is 2. The van der Waals surface area contributed by atoms with Crippen molar-refractivity contribution in [3.05, 3.63) is 83.4 Å². The first kappa shape index (κ1) is 22.9. The molecule has 1 atom stereocenters. The molecule has 0 aromatic heterocycles. The molecule has 1 aliphatic heterocycles. The molecule has 6 heteroatoms. The van der Waals surface area contributed by atoms with Crippen molar-refractivity contribution in [2.75, 3.05) is 25.4 Å². The van der Waals surface area contributed by atoms with E-state index >= 15 is 0 Å². The summed E-state index contributed by atoms with van der Waals surface area (Å²) in [5.41, 5.74) is 2.42. The molecule has 3 aromatic carbocycles. The minimum Gasteiger partial charge on any atom is -0.355 e. The van der Waals surface area contributed by atoms with E-state index in [0.717, 1.165) is 40.7 Å². The van der Waals surface area contributed by atoms with Crippen LogP contribution in [0.5, 0.6) is 0 Å². The number of benzene rings is 3. The fraction of sp³-hybridized carbons (Fsp3) is 0.296. The minimum atomic E-state index is -0.179. The number of hydrogen-bond donors (Lipinski definition) is 1. The van der Waals surface area contributed by atoms with Gasteiger partial charge in [0.15, 0.2) is 0 Å². The van der Waals surface area contributed by atoms with Crippen molar-refractivity contribution >= 4 is 34.3 Å². The zero-order valence-electron chi connectivity index (χ0n) is 18.5. The van der Waals surface area contributed by atoms with Gasteiger partial charge in [-0.15, -0.1) is 0 Å². The lowest BCUT2D eigenvalue weighted by Crippen LogP contribution is -2.45. The predicted octanol–water partition coefficient (Wildman–Crippen LogP) is 4.61. The second kappa shape index (κ2) is 11.0. The van der Waals surface area contributed by atoms with Crippen molar-refractivity contribution in [1.82, 2.24) is 10.2 Å². The normalized spacial score (nSPS) is 15.7. The van der Waals surface area contributed by atoms with Crippen LogP contribution in [-0.2, 0) is 10.5 Å². The highest BCUT2D eigenvalue weighted by Gasteiger charge is 2.29. The zero-order valence-corrected chi connectivity index (χ0v) is 19.3. The Morgan fingerprint density at radius 3 is 2.73 bits per heavy atom. The molecule has 0 spiro atoms. The summed E-state index contributed by atoms with van der Waals surface area (Å²) >= 11 is 1.70. The predicted molar refractivity (Wildman–Crippen MR) is 133 cm³/mol. The average molecular weight is 458 g/mol. The highest BCUT2D eigenvalue weighted by molar-refractivity contribution is 7.98. The van der Waals surface area contributed by atoms with Crippen LogP contribution in [0.3, 0.4) is 0 Å². The molecular formula is C27H27N3O2S. The molecule has 0 bridgehead atoms. The van der Waals surface area contributed by atoms with Crippen LogP contribution in [0, 0.1) is 17.2 Å². The number of hydrogen-bond acceptors (Lipinski definition) is 4. The van der Waals surface area contributed by atoms with Crippen LogP contribution >= 0.6 is 11.8 Å². The van der Waals surface area contributed by atoms with Crippen LogP contribution in [0.25, 0.3) is 10.8 Å². The van der Waals surface area contributed by atoms with Gasteiger partial charge in [0, 0.05) is 36.7 Å². The third-order valence-corrected chi connectivity index (χ3v) is 7.05. The average Bonchev–Trinajstić information content (AvgIpc) is 2.88. The molecule has 4 rings (SSSR count). The highest BCUT2D eigenvalue weighted by atomic mass is 32.2. The summed E-state index contributed by atoms with van der Waals surface area (Å²) in [6, 6.07) is 23.5. The molecule has 1 heterocycles. The highest BCUT2D eigenvalue weighted by Crippen LogP contribution is 2.24. The topological polar surface area (TPSA) is 73.2 Å². The first-order chi connectivity index (χ1) is 16.2. The zero-order chi connectivity index (χ0) is 23.0. The lowest BCUT2D eigenvalue weighted by molar-refractivity contribution is -0.126. The summed E-state index contributed by atoms with van der Waals surface area (Å²) in [6.07, 6.45) is 1.63. The smallest absolute Gasteiger partial charge is 0.254 e. The summed E-state index contributed by atoms with van der Waals surface area (Å²) in [5, 5.41) is 14.2. The third-order valence-electron chi connectivity index (χ3n) is 6.04. The van der Waals surface area contributed by atoms with Crippen LogP contribution in [0.2, 0.25) is 0 Å². The Morgan fingerprint density at radius 1 is 1.06 bits per heavy atom. The Hall–Kier alpha value is -3.30. The molecule has 0 saturated carbocycles. The van der Waals surface area contributed by atoms with Gasteiger partial charge in [0.25, 0.3) is 5.91 Å². The van der Waals surface area contributed by atoms with Crippen LogP contribution < -0.4 is 5.32 Å². The van der Waals surface area contributed by atoms with Crippen molar-refractivity contribution < 1.29 is 9.59 Å². The van der Waals surface area contributed by atoms with Gasteiger partial charge in [0.05, 0.1) is 17.6 Å². The number of thioether (sulfide) groups is 1. The van der Waals surface area contributed by atoms with E-state index in [-0.39, 0.29) is 17.7 Å². The second-order valence-corrected chi connectivity index (χ2v) is 9.33. The maximum atomic E-state index is 13.2. The van der Waals surface area contributed by atoms with Gasteiger partial charge in [-0.25, -0.2) is 0 Å². The number of nitrogens with zero attached hydrogens (tertiary/aromatic N) is 2. The van der Waals surface area contributed by atoms with Crippen LogP contribution in [0.4, 0.5) is 0 Å². The van der Waals surface area contributed by atoms with Crippen molar-refractivity contribution in [3.8, 4) is 6.07 Å². The Morgan fingerprint density at radius 2 is 1.85 bits per heavy atom. The van der Waals surface area contributed by atoms with Crippen molar-refractivity contribution in [3.63, 3.8) is 0 Å². The van der Waals surface area contributed by atoms with Gasteiger partial charge in [0.2, 0.25) is 5.91 Å². The fourth-order valence-electron chi connectivity index (χ4n) is 4.29. The van der Waals surface area contributed by atoms with Crippen LogP contribution in [0.1, 0.15) is 34.3 Å². The molecule has 168 valence electrons.